The fourth-order valence-electron chi connectivity index (χ4n) is 1.55. The lowest BCUT2D eigenvalue weighted by atomic mass is 10.1. The van der Waals surface area contributed by atoms with Gasteiger partial charge in [-0.15, -0.1) is 0 Å². The van der Waals surface area contributed by atoms with Crippen LogP contribution in [0, 0.1) is 23.1 Å². The van der Waals surface area contributed by atoms with Crippen LogP contribution in [0.3, 0.4) is 0 Å². The average molecular weight is 235 g/mol. The molecule has 3 heteroatoms. The maximum atomic E-state index is 13.6. The van der Waals surface area contributed by atoms with Gasteiger partial charge in [0.25, 0.3) is 0 Å². The Labute approximate surface area is 102 Å². The Kier molecular flexibility index (Phi) is 5.65. The first kappa shape index (κ1) is 13.7. The zero-order chi connectivity index (χ0) is 12.7. The van der Waals surface area contributed by atoms with Crippen molar-refractivity contribution >= 4 is 0 Å². The van der Waals surface area contributed by atoms with E-state index in [-0.39, 0.29) is 12.2 Å². The lowest BCUT2D eigenvalue weighted by Gasteiger charge is -2.07. The molecule has 92 valence electrons. The third-order valence-electron chi connectivity index (χ3n) is 2.53. The number of hydrogen-bond acceptors (Lipinski definition) is 2. The maximum Gasteiger partial charge on any atom is 0.146 e. The van der Waals surface area contributed by atoms with Crippen molar-refractivity contribution in [3.63, 3.8) is 0 Å². The van der Waals surface area contributed by atoms with Gasteiger partial charge in [-0.05, 0) is 24.8 Å². The van der Waals surface area contributed by atoms with E-state index >= 15 is 0 Å². The molecule has 1 rings (SSSR count). The molecule has 1 aromatic rings. The standard InChI is InChI=1S/C14H18FNO/c1-11(2)5-4-8-17-10-13-7-3-6-12(9-16)14(13)15/h3,6-7,11H,4-5,8,10H2,1-2H3. The van der Waals surface area contributed by atoms with Gasteiger partial charge in [-0.2, -0.15) is 5.26 Å². The van der Waals surface area contributed by atoms with Crippen LogP contribution in [0.4, 0.5) is 4.39 Å². The molecule has 17 heavy (non-hydrogen) atoms. The summed E-state index contributed by atoms with van der Waals surface area (Å²) in [6.07, 6.45) is 2.10. The van der Waals surface area contributed by atoms with Crippen molar-refractivity contribution in [2.45, 2.75) is 33.3 Å². The normalized spacial score (nSPS) is 10.5. The van der Waals surface area contributed by atoms with Crippen molar-refractivity contribution in [1.82, 2.24) is 0 Å². The number of nitriles is 1. The molecular weight excluding hydrogens is 217 g/mol. The molecule has 0 heterocycles. The van der Waals surface area contributed by atoms with Gasteiger partial charge in [0.1, 0.15) is 11.9 Å². The highest BCUT2D eigenvalue weighted by atomic mass is 19.1. The largest absolute Gasteiger partial charge is 0.377 e. The Balaban J connectivity index is 2.40. The zero-order valence-corrected chi connectivity index (χ0v) is 10.4. The van der Waals surface area contributed by atoms with E-state index in [9.17, 15) is 4.39 Å². The first-order valence-corrected chi connectivity index (χ1v) is 5.90. The van der Waals surface area contributed by atoms with Gasteiger partial charge >= 0.3 is 0 Å². The molecule has 0 saturated carbocycles. The predicted octanol–water partition coefficient (Wildman–Crippen LogP) is 3.65. The van der Waals surface area contributed by atoms with Crippen LogP contribution < -0.4 is 0 Å². The smallest absolute Gasteiger partial charge is 0.146 e. The second-order valence-corrected chi connectivity index (χ2v) is 4.48. The fourth-order valence-corrected chi connectivity index (χ4v) is 1.55. The first-order chi connectivity index (χ1) is 8.15. The van der Waals surface area contributed by atoms with Crippen LogP contribution in [0.15, 0.2) is 18.2 Å². The van der Waals surface area contributed by atoms with Gasteiger partial charge in [0, 0.05) is 12.2 Å². The molecule has 0 aliphatic rings. The number of nitrogens with zero attached hydrogens (tertiary/aromatic N) is 1. The SMILES string of the molecule is CC(C)CCCOCc1cccc(C#N)c1F. The Hall–Kier alpha value is -1.40. The highest BCUT2D eigenvalue weighted by Gasteiger charge is 2.07. The number of halogens is 1. The third-order valence-corrected chi connectivity index (χ3v) is 2.53. The van der Waals surface area contributed by atoms with E-state index in [0.717, 1.165) is 12.8 Å². The van der Waals surface area contributed by atoms with Gasteiger partial charge < -0.3 is 4.74 Å². The van der Waals surface area contributed by atoms with Crippen LogP contribution in [0.2, 0.25) is 0 Å². The van der Waals surface area contributed by atoms with E-state index < -0.39 is 5.82 Å². The van der Waals surface area contributed by atoms with E-state index in [1.54, 1.807) is 12.1 Å². The summed E-state index contributed by atoms with van der Waals surface area (Å²) in [6.45, 7) is 5.19. The van der Waals surface area contributed by atoms with E-state index in [1.165, 1.54) is 6.07 Å². The molecule has 0 amide bonds. The van der Waals surface area contributed by atoms with Crippen molar-refractivity contribution in [3.05, 3.63) is 35.1 Å². The Morgan fingerprint density at radius 2 is 2.18 bits per heavy atom. The molecule has 0 atom stereocenters. The van der Waals surface area contributed by atoms with Gasteiger partial charge in [-0.25, -0.2) is 4.39 Å². The molecule has 0 radical (unpaired) electrons. The predicted molar refractivity (Wildman–Crippen MR) is 64.8 cm³/mol. The Morgan fingerprint density at radius 3 is 2.82 bits per heavy atom. The number of hydrogen-bond donors (Lipinski definition) is 0. The molecule has 0 aliphatic carbocycles. The number of benzene rings is 1. The van der Waals surface area contributed by atoms with E-state index in [2.05, 4.69) is 13.8 Å². The van der Waals surface area contributed by atoms with Crippen LogP contribution >= 0.6 is 0 Å². The van der Waals surface area contributed by atoms with Crippen LogP contribution in [-0.2, 0) is 11.3 Å². The molecule has 0 fully saturated rings. The van der Waals surface area contributed by atoms with E-state index in [0.29, 0.717) is 18.1 Å². The summed E-state index contributed by atoms with van der Waals surface area (Å²) < 4.78 is 19.0. The molecule has 0 aromatic heterocycles. The summed E-state index contributed by atoms with van der Waals surface area (Å²) in [5.74, 6) is 0.205. The Morgan fingerprint density at radius 1 is 1.41 bits per heavy atom. The van der Waals surface area contributed by atoms with Crippen molar-refractivity contribution in [2.75, 3.05) is 6.61 Å². The highest BCUT2D eigenvalue weighted by Crippen LogP contribution is 2.13. The molecule has 0 N–H and O–H groups in total. The summed E-state index contributed by atoms with van der Waals surface area (Å²) in [4.78, 5) is 0. The van der Waals surface area contributed by atoms with Crippen LogP contribution in [0.1, 0.15) is 37.8 Å². The summed E-state index contributed by atoms with van der Waals surface area (Å²) in [6, 6.07) is 6.62. The first-order valence-electron chi connectivity index (χ1n) is 5.90. The van der Waals surface area contributed by atoms with E-state index in [1.807, 2.05) is 6.07 Å². The van der Waals surface area contributed by atoms with Gasteiger partial charge in [0.05, 0.1) is 12.2 Å². The second-order valence-electron chi connectivity index (χ2n) is 4.48. The summed E-state index contributed by atoms with van der Waals surface area (Å²) in [5, 5.41) is 8.68. The quantitative estimate of drug-likeness (QED) is 0.705. The van der Waals surface area contributed by atoms with Gasteiger partial charge in [0.15, 0.2) is 0 Å². The fraction of sp³-hybridized carbons (Fsp3) is 0.500. The van der Waals surface area contributed by atoms with Crippen LogP contribution in [-0.4, -0.2) is 6.61 Å². The summed E-state index contributed by atoms with van der Waals surface area (Å²) in [5.41, 5.74) is 0.530. The number of rotatable bonds is 6. The monoisotopic (exact) mass is 235 g/mol. The molecular formula is C14H18FNO. The average Bonchev–Trinajstić information content (AvgIpc) is 2.30. The van der Waals surface area contributed by atoms with E-state index in [4.69, 9.17) is 10.00 Å². The minimum Gasteiger partial charge on any atom is -0.377 e. The molecule has 2 nitrogen and oxygen atoms in total. The third kappa shape index (κ3) is 4.54. The molecule has 0 unspecified atom stereocenters. The Bertz CT molecular complexity index is 396. The molecule has 0 spiro atoms. The van der Waals surface area contributed by atoms with Crippen molar-refractivity contribution in [3.8, 4) is 6.07 Å². The van der Waals surface area contributed by atoms with Gasteiger partial charge in [-0.3, -0.25) is 0 Å². The molecule has 0 bridgehead atoms. The highest BCUT2D eigenvalue weighted by molar-refractivity contribution is 5.34. The lowest BCUT2D eigenvalue weighted by molar-refractivity contribution is 0.112. The topological polar surface area (TPSA) is 33.0 Å². The second kappa shape index (κ2) is 7.03. The molecule has 0 aliphatic heterocycles. The molecule has 0 saturated heterocycles. The minimum absolute atomic E-state index is 0.0771. The van der Waals surface area contributed by atoms with Gasteiger partial charge in [0.2, 0.25) is 0 Å². The van der Waals surface area contributed by atoms with Crippen LogP contribution in [0.25, 0.3) is 0 Å². The van der Waals surface area contributed by atoms with Gasteiger partial charge in [-0.1, -0.05) is 26.0 Å². The minimum atomic E-state index is -0.459. The maximum absolute atomic E-state index is 13.6. The zero-order valence-electron chi connectivity index (χ0n) is 10.4. The van der Waals surface area contributed by atoms with Crippen LogP contribution in [0.5, 0.6) is 0 Å². The summed E-state index contributed by atoms with van der Waals surface area (Å²) >= 11 is 0. The number of ether oxygens (including phenoxy) is 1. The summed E-state index contributed by atoms with van der Waals surface area (Å²) in [7, 11) is 0. The van der Waals surface area contributed by atoms with Crippen molar-refractivity contribution < 1.29 is 9.13 Å². The molecule has 1 aromatic carbocycles. The van der Waals surface area contributed by atoms with Crippen molar-refractivity contribution in [1.29, 1.82) is 5.26 Å². The van der Waals surface area contributed by atoms with Crippen molar-refractivity contribution in [2.24, 2.45) is 5.92 Å². The lowest BCUT2D eigenvalue weighted by Crippen LogP contribution is -2.00.